The van der Waals surface area contributed by atoms with Crippen LogP contribution in [0.4, 0.5) is 0 Å². The highest BCUT2D eigenvalue weighted by molar-refractivity contribution is 5.79. The third kappa shape index (κ3) is 5.79. The van der Waals surface area contributed by atoms with Crippen LogP contribution in [0.15, 0.2) is 53.8 Å². The number of nitrogens with one attached hydrogen (secondary N) is 2. The lowest BCUT2D eigenvalue weighted by Crippen LogP contribution is -2.39. The lowest BCUT2D eigenvalue weighted by Gasteiger charge is -2.14. The van der Waals surface area contributed by atoms with E-state index < -0.39 is 6.10 Å². The maximum atomic E-state index is 10.2. The lowest BCUT2D eigenvalue weighted by molar-refractivity contribution is 0.187. The van der Waals surface area contributed by atoms with Crippen LogP contribution in [0.5, 0.6) is 0 Å². The predicted molar refractivity (Wildman–Crippen MR) is 94.6 cm³/mol. The van der Waals surface area contributed by atoms with Crippen molar-refractivity contribution in [2.75, 3.05) is 19.6 Å². The Morgan fingerprint density at radius 3 is 2.52 bits per heavy atom. The Kier molecular flexibility index (Phi) is 6.69. The van der Waals surface area contributed by atoms with Crippen LogP contribution in [-0.2, 0) is 6.54 Å². The number of aliphatic hydroxyl groups excluding tert-OH is 1. The molecular weight excluding hydrogens is 288 g/mol. The summed E-state index contributed by atoms with van der Waals surface area (Å²) in [5, 5.41) is 16.7. The summed E-state index contributed by atoms with van der Waals surface area (Å²) in [5.41, 5.74) is 2.08. The molecule has 124 valence electrons. The summed E-state index contributed by atoms with van der Waals surface area (Å²) in [4.78, 5) is 4.47. The van der Waals surface area contributed by atoms with Crippen LogP contribution in [0.3, 0.4) is 0 Å². The lowest BCUT2D eigenvalue weighted by atomic mass is 10.1. The van der Waals surface area contributed by atoms with Crippen LogP contribution >= 0.6 is 0 Å². The normalized spacial score (nSPS) is 12.9. The molecule has 0 spiro atoms. The molecular formula is C18H26N4O. The van der Waals surface area contributed by atoms with Gasteiger partial charge in [-0.3, -0.25) is 4.99 Å². The summed E-state index contributed by atoms with van der Waals surface area (Å²) in [7, 11) is 0. The third-order valence-electron chi connectivity index (χ3n) is 3.56. The predicted octanol–water partition coefficient (Wildman–Crippen LogP) is 2.09. The first-order valence-electron chi connectivity index (χ1n) is 8.06. The Morgan fingerprint density at radius 2 is 1.87 bits per heavy atom. The Bertz CT molecular complexity index is 590. The highest BCUT2D eigenvalue weighted by atomic mass is 16.3. The number of nitrogens with zero attached hydrogens (tertiary/aromatic N) is 2. The third-order valence-corrected chi connectivity index (χ3v) is 3.56. The summed E-state index contributed by atoms with van der Waals surface area (Å²) in [6.07, 6.45) is 3.48. The van der Waals surface area contributed by atoms with Gasteiger partial charge in [-0.25, -0.2) is 0 Å². The van der Waals surface area contributed by atoms with Crippen molar-refractivity contribution in [2.24, 2.45) is 4.99 Å². The Balaban J connectivity index is 1.85. The molecule has 5 nitrogen and oxygen atoms in total. The monoisotopic (exact) mass is 314 g/mol. The zero-order chi connectivity index (χ0) is 16.5. The van der Waals surface area contributed by atoms with Gasteiger partial charge in [-0.1, -0.05) is 29.8 Å². The minimum absolute atomic E-state index is 0.335. The maximum Gasteiger partial charge on any atom is 0.191 e. The van der Waals surface area contributed by atoms with E-state index in [2.05, 4.69) is 20.2 Å². The molecule has 0 fully saturated rings. The van der Waals surface area contributed by atoms with E-state index in [0.717, 1.165) is 31.2 Å². The second kappa shape index (κ2) is 9.00. The van der Waals surface area contributed by atoms with E-state index in [4.69, 9.17) is 0 Å². The van der Waals surface area contributed by atoms with Crippen LogP contribution in [0.25, 0.3) is 0 Å². The highest BCUT2D eigenvalue weighted by Gasteiger charge is 2.07. The maximum absolute atomic E-state index is 10.2. The Hall–Kier alpha value is -2.27. The fourth-order valence-corrected chi connectivity index (χ4v) is 2.24. The van der Waals surface area contributed by atoms with Crippen molar-refractivity contribution in [3.05, 3.63) is 59.9 Å². The number of rotatable bonds is 7. The molecule has 1 heterocycles. The van der Waals surface area contributed by atoms with Gasteiger partial charge in [-0.2, -0.15) is 0 Å². The van der Waals surface area contributed by atoms with Gasteiger partial charge in [-0.15, -0.1) is 0 Å². The van der Waals surface area contributed by atoms with Crippen LogP contribution in [0, 0.1) is 6.92 Å². The van der Waals surface area contributed by atoms with Crippen molar-refractivity contribution in [3.8, 4) is 0 Å². The molecule has 1 unspecified atom stereocenters. The number of hydrogen-bond donors (Lipinski definition) is 3. The van der Waals surface area contributed by atoms with Gasteiger partial charge in [-0.05, 0) is 31.5 Å². The van der Waals surface area contributed by atoms with Gasteiger partial charge in [0.25, 0.3) is 0 Å². The molecule has 0 aliphatic heterocycles. The first-order valence-corrected chi connectivity index (χ1v) is 8.06. The van der Waals surface area contributed by atoms with Crippen LogP contribution in [0.1, 0.15) is 24.2 Å². The minimum Gasteiger partial charge on any atom is -0.386 e. The number of benzene rings is 1. The topological polar surface area (TPSA) is 61.6 Å². The summed E-state index contributed by atoms with van der Waals surface area (Å²) in [5.74, 6) is 0.728. The summed E-state index contributed by atoms with van der Waals surface area (Å²) >= 11 is 0. The van der Waals surface area contributed by atoms with E-state index in [0.29, 0.717) is 6.54 Å². The highest BCUT2D eigenvalue weighted by Crippen LogP contribution is 2.13. The number of guanidine groups is 1. The largest absolute Gasteiger partial charge is 0.386 e. The van der Waals surface area contributed by atoms with Crippen molar-refractivity contribution >= 4 is 5.96 Å². The Morgan fingerprint density at radius 1 is 1.17 bits per heavy atom. The van der Waals surface area contributed by atoms with Gasteiger partial charge < -0.3 is 20.3 Å². The molecule has 0 aliphatic rings. The molecule has 0 saturated heterocycles. The molecule has 23 heavy (non-hydrogen) atoms. The number of aromatic nitrogens is 1. The molecule has 5 heteroatoms. The van der Waals surface area contributed by atoms with Crippen molar-refractivity contribution in [2.45, 2.75) is 26.5 Å². The minimum atomic E-state index is -0.587. The molecule has 0 saturated carbocycles. The summed E-state index contributed by atoms with van der Waals surface area (Å²) in [6, 6.07) is 11.9. The smallest absolute Gasteiger partial charge is 0.191 e. The van der Waals surface area contributed by atoms with Crippen LogP contribution in [-0.4, -0.2) is 35.3 Å². The number of aryl methyl sites for hydroxylation is 1. The fraction of sp³-hybridized carbons (Fsp3) is 0.389. The van der Waals surface area contributed by atoms with E-state index >= 15 is 0 Å². The van der Waals surface area contributed by atoms with E-state index in [1.807, 2.05) is 62.6 Å². The van der Waals surface area contributed by atoms with E-state index in [9.17, 15) is 5.11 Å². The zero-order valence-corrected chi connectivity index (χ0v) is 13.9. The molecule has 0 bridgehead atoms. The fourth-order valence-electron chi connectivity index (χ4n) is 2.24. The van der Waals surface area contributed by atoms with Gasteiger partial charge in [0, 0.05) is 32.0 Å². The standard InChI is InChI=1S/C18H26N4O/c1-3-19-18(20-10-13-22-11-4-5-12-22)21-14-17(23)16-8-6-15(2)7-9-16/h4-9,11-12,17,23H,3,10,13-14H2,1-2H3,(H2,19,20,21). The van der Waals surface area contributed by atoms with Crippen LogP contribution in [0.2, 0.25) is 0 Å². The second-order valence-electron chi connectivity index (χ2n) is 5.49. The quantitative estimate of drug-likeness (QED) is 0.542. The van der Waals surface area contributed by atoms with Gasteiger partial charge in [0.1, 0.15) is 0 Å². The first-order chi connectivity index (χ1) is 11.2. The van der Waals surface area contributed by atoms with Gasteiger partial charge in [0.15, 0.2) is 5.96 Å². The second-order valence-corrected chi connectivity index (χ2v) is 5.49. The van der Waals surface area contributed by atoms with Crippen molar-refractivity contribution in [1.29, 1.82) is 0 Å². The molecule has 0 radical (unpaired) electrons. The van der Waals surface area contributed by atoms with E-state index in [1.54, 1.807) is 0 Å². The van der Waals surface area contributed by atoms with Crippen molar-refractivity contribution in [3.63, 3.8) is 0 Å². The van der Waals surface area contributed by atoms with Crippen molar-refractivity contribution < 1.29 is 5.11 Å². The van der Waals surface area contributed by atoms with E-state index in [-0.39, 0.29) is 0 Å². The molecule has 0 amide bonds. The average Bonchev–Trinajstić information content (AvgIpc) is 3.06. The summed E-state index contributed by atoms with van der Waals surface area (Å²) < 4.78 is 2.11. The number of aliphatic hydroxyl groups is 1. The molecule has 1 aromatic carbocycles. The molecule has 1 aromatic heterocycles. The first kappa shape index (κ1) is 17.1. The molecule has 0 aliphatic carbocycles. The van der Waals surface area contributed by atoms with Gasteiger partial charge in [0.2, 0.25) is 0 Å². The summed E-state index contributed by atoms with van der Waals surface area (Å²) in [6.45, 7) is 6.84. The van der Waals surface area contributed by atoms with Gasteiger partial charge in [0.05, 0.1) is 12.6 Å². The van der Waals surface area contributed by atoms with Gasteiger partial charge >= 0.3 is 0 Å². The number of aliphatic imine (C=N–C) groups is 1. The molecule has 2 aromatic rings. The number of hydrogen-bond acceptors (Lipinski definition) is 2. The van der Waals surface area contributed by atoms with E-state index in [1.165, 1.54) is 5.56 Å². The molecule has 1 atom stereocenters. The Labute approximate surface area is 138 Å². The average molecular weight is 314 g/mol. The zero-order valence-electron chi connectivity index (χ0n) is 13.9. The van der Waals surface area contributed by atoms with Crippen LogP contribution < -0.4 is 10.6 Å². The molecule has 2 rings (SSSR count). The van der Waals surface area contributed by atoms with Crippen molar-refractivity contribution in [1.82, 2.24) is 15.2 Å². The SMILES string of the molecule is CCNC(=NCC(O)c1ccc(C)cc1)NCCn1cccc1. The molecule has 3 N–H and O–H groups in total.